The van der Waals surface area contributed by atoms with Crippen molar-refractivity contribution in [2.24, 2.45) is 0 Å². The van der Waals surface area contributed by atoms with E-state index in [0.717, 1.165) is 0 Å². The summed E-state index contributed by atoms with van der Waals surface area (Å²) in [4.78, 5) is 12.7. The van der Waals surface area contributed by atoms with Gasteiger partial charge in [-0.15, -0.1) is 12.6 Å². The number of carbonyl (C=O) groups excluding carboxylic acids is 1. The fraction of sp³-hybridized carbons (Fsp3) is 0.0714. The molecule has 0 saturated carbocycles. The number of ketones is 1. The van der Waals surface area contributed by atoms with E-state index >= 15 is 0 Å². The van der Waals surface area contributed by atoms with Gasteiger partial charge in [0.2, 0.25) is 0 Å². The number of phenols is 1. The van der Waals surface area contributed by atoms with E-state index in [9.17, 15) is 9.90 Å². The smallest absolute Gasteiger partial charge is 0.196 e. The second-order valence-corrected chi connectivity index (χ2v) is 4.22. The van der Waals surface area contributed by atoms with Crippen LogP contribution in [0.15, 0.2) is 47.4 Å². The van der Waals surface area contributed by atoms with Crippen LogP contribution < -0.4 is 4.74 Å². The lowest BCUT2D eigenvalue weighted by molar-refractivity contribution is 0.103. The SMILES string of the molecule is COc1cc(O)c(C(=O)c2ccccc2)cc1S. The molecule has 1 N–H and O–H groups in total. The molecule has 2 rings (SSSR count). The zero-order valence-corrected chi connectivity index (χ0v) is 10.6. The molecule has 0 spiro atoms. The number of thiol groups is 1. The molecule has 2 aromatic carbocycles. The predicted molar refractivity (Wildman–Crippen MR) is 71.8 cm³/mol. The summed E-state index contributed by atoms with van der Waals surface area (Å²) < 4.78 is 5.02. The molecule has 2 aromatic rings. The molecule has 0 aliphatic rings. The van der Waals surface area contributed by atoms with Crippen molar-refractivity contribution >= 4 is 18.4 Å². The van der Waals surface area contributed by atoms with Crippen molar-refractivity contribution in [3.63, 3.8) is 0 Å². The molecule has 0 unspecified atom stereocenters. The highest BCUT2D eigenvalue weighted by Gasteiger charge is 2.16. The lowest BCUT2D eigenvalue weighted by Crippen LogP contribution is -2.02. The van der Waals surface area contributed by atoms with Crippen LogP contribution in [0.4, 0.5) is 0 Å². The minimum atomic E-state index is -0.244. The molecule has 92 valence electrons. The minimum absolute atomic E-state index is 0.112. The van der Waals surface area contributed by atoms with Gasteiger partial charge in [-0.25, -0.2) is 0 Å². The van der Waals surface area contributed by atoms with Crippen LogP contribution in [0.3, 0.4) is 0 Å². The minimum Gasteiger partial charge on any atom is -0.507 e. The van der Waals surface area contributed by atoms with Crippen LogP contribution >= 0.6 is 12.6 Å². The Morgan fingerprint density at radius 3 is 2.50 bits per heavy atom. The molecule has 0 radical (unpaired) electrons. The van der Waals surface area contributed by atoms with E-state index in [-0.39, 0.29) is 17.1 Å². The van der Waals surface area contributed by atoms with Gasteiger partial charge < -0.3 is 9.84 Å². The quantitative estimate of drug-likeness (QED) is 0.659. The third-order valence-corrected chi connectivity index (χ3v) is 2.93. The first kappa shape index (κ1) is 12.5. The van der Waals surface area contributed by atoms with Crippen molar-refractivity contribution in [1.82, 2.24) is 0 Å². The van der Waals surface area contributed by atoms with Gasteiger partial charge >= 0.3 is 0 Å². The summed E-state index contributed by atoms with van der Waals surface area (Å²) in [6, 6.07) is 11.7. The molecule has 0 aromatic heterocycles. The number of methoxy groups -OCH3 is 1. The Morgan fingerprint density at radius 2 is 1.89 bits per heavy atom. The molecule has 0 saturated heterocycles. The number of carbonyl (C=O) groups is 1. The van der Waals surface area contributed by atoms with Gasteiger partial charge in [-0.2, -0.15) is 0 Å². The van der Waals surface area contributed by atoms with Gasteiger partial charge in [0.1, 0.15) is 11.5 Å². The molecule has 0 amide bonds. The molecule has 0 bridgehead atoms. The van der Waals surface area contributed by atoms with E-state index in [1.54, 1.807) is 24.3 Å². The Balaban J connectivity index is 2.46. The second-order valence-electron chi connectivity index (χ2n) is 3.74. The molecule has 4 heteroatoms. The van der Waals surface area contributed by atoms with Crippen LogP contribution in [0.2, 0.25) is 0 Å². The summed E-state index contributed by atoms with van der Waals surface area (Å²) in [6.45, 7) is 0. The van der Waals surface area contributed by atoms with E-state index in [4.69, 9.17) is 4.74 Å². The predicted octanol–water partition coefficient (Wildman–Crippen LogP) is 2.92. The lowest BCUT2D eigenvalue weighted by Gasteiger charge is -2.09. The Labute approximate surface area is 110 Å². The van der Waals surface area contributed by atoms with Crippen molar-refractivity contribution in [1.29, 1.82) is 0 Å². The summed E-state index contributed by atoms with van der Waals surface area (Å²) in [5, 5.41) is 9.84. The lowest BCUT2D eigenvalue weighted by atomic mass is 10.0. The van der Waals surface area contributed by atoms with Crippen LogP contribution in [0.25, 0.3) is 0 Å². The highest BCUT2D eigenvalue weighted by molar-refractivity contribution is 7.80. The first-order valence-electron chi connectivity index (χ1n) is 5.33. The normalized spacial score (nSPS) is 10.1. The van der Waals surface area contributed by atoms with Crippen molar-refractivity contribution in [3.05, 3.63) is 53.6 Å². The molecular weight excluding hydrogens is 248 g/mol. The third-order valence-electron chi connectivity index (χ3n) is 2.58. The van der Waals surface area contributed by atoms with Crippen molar-refractivity contribution in [2.75, 3.05) is 7.11 Å². The number of phenolic OH excluding ortho intramolecular Hbond substituents is 1. The van der Waals surface area contributed by atoms with Crippen LogP contribution in [-0.2, 0) is 0 Å². The first-order chi connectivity index (χ1) is 8.63. The van der Waals surface area contributed by atoms with Crippen molar-refractivity contribution in [2.45, 2.75) is 4.90 Å². The van der Waals surface area contributed by atoms with Crippen LogP contribution in [-0.4, -0.2) is 18.0 Å². The zero-order valence-electron chi connectivity index (χ0n) is 9.75. The van der Waals surface area contributed by atoms with Gasteiger partial charge in [0.25, 0.3) is 0 Å². The topological polar surface area (TPSA) is 46.5 Å². The van der Waals surface area contributed by atoms with Gasteiger partial charge in [0.15, 0.2) is 5.78 Å². The monoisotopic (exact) mass is 260 g/mol. The van der Waals surface area contributed by atoms with E-state index in [1.807, 2.05) is 6.07 Å². The largest absolute Gasteiger partial charge is 0.507 e. The maximum Gasteiger partial charge on any atom is 0.196 e. The van der Waals surface area contributed by atoms with Crippen molar-refractivity contribution in [3.8, 4) is 11.5 Å². The maximum absolute atomic E-state index is 12.2. The van der Waals surface area contributed by atoms with E-state index < -0.39 is 0 Å². The molecule has 18 heavy (non-hydrogen) atoms. The van der Waals surface area contributed by atoms with E-state index in [1.165, 1.54) is 19.2 Å². The number of hydrogen-bond acceptors (Lipinski definition) is 4. The summed E-state index contributed by atoms with van der Waals surface area (Å²) in [5.41, 5.74) is 0.734. The Morgan fingerprint density at radius 1 is 1.22 bits per heavy atom. The average molecular weight is 260 g/mol. The van der Waals surface area contributed by atoms with Crippen LogP contribution in [0.1, 0.15) is 15.9 Å². The molecule has 0 aliphatic heterocycles. The number of hydrogen-bond donors (Lipinski definition) is 2. The number of aromatic hydroxyl groups is 1. The van der Waals surface area contributed by atoms with Gasteiger partial charge in [0, 0.05) is 16.5 Å². The standard InChI is InChI=1S/C14H12O3S/c1-17-12-8-11(15)10(7-13(12)18)14(16)9-5-3-2-4-6-9/h2-8,15,18H,1H3. The fourth-order valence-electron chi connectivity index (χ4n) is 1.65. The molecular formula is C14H12O3S. The van der Waals surface area contributed by atoms with E-state index in [2.05, 4.69) is 12.6 Å². The van der Waals surface area contributed by atoms with Crippen LogP contribution in [0.5, 0.6) is 11.5 Å². The molecule has 0 heterocycles. The Bertz CT molecular complexity index is 579. The number of rotatable bonds is 3. The molecule has 3 nitrogen and oxygen atoms in total. The molecule has 0 aliphatic carbocycles. The summed E-state index contributed by atoms with van der Waals surface area (Å²) in [6.07, 6.45) is 0. The highest BCUT2D eigenvalue weighted by Crippen LogP contribution is 2.31. The Kier molecular flexibility index (Phi) is 3.58. The van der Waals surface area contributed by atoms with Gasteiger partial charge in [-0.1, -0.05) is 30.3 Å². The fourth-order valence-corrected chi connectivity index (χ4v) is 1.93. The zero-order chi connectivity index (χ0) is 13.1. The average Bonchev–Trinajstić information content (AvgIpc) is 2.41. The van der Waals surface area contributed by atoms with Gasteiger partial charge in [0.05, 0.1) is 12.7 Å². The van der Waals surface area contributed by atoms with E-state index in [0.29, 0.717) is 16.2 Å². The summed E-state index contributed by atoms with van der Waals surface area (Å²) in [7, 11) is 1.48. The van der Waals surface area contributed by atoms with Crippen LogP contribution in [0, 0.1) is 0 Å². The first-order valence-corrected chi connectivity index (χ1v) is 5.78. The second kappa shape index (κ2) is 5.14. The third kappa shape index (κ3) is 2.33. The number of ether oxygens (including phenoxy) is 1. The Hall–Kier alpha value is -1.94. The molecule has 0 atom stereocenters. The van der Waals surface area contributed by atoms with Gasteiger partial charge in [-0.05, 0) is 6.07 Å². The summed E-state index contributed by atoms with van der Waals surface area (Å²) >= 11 is 4.21. The maximum atomic E-state index is 12.2. The number of benzene rings is 2. The van der Waals surface area contributed by atoms with Crippen molar-refractivity contribution < 1.29 is 14.6 Å². The van der Waals surface area contributed by atoms with Gasteiger partial charge in [-0.3, -0.25) is 4.79 Å². The molecule has 0 fully saturated rings. The highest BCUT2D eigenvalue weighted by atomic mass is 32.1. The summed E-state index contributed by atoms with van der Waals surface area (Å²) in [5.74, 6) is 0.0741.